The van der Waals surface area contributed by atoms with Crippen molar-refractivity contribution in [3.8, 4) is 11.1 Å². The fourth-order valence-electron chi connectivity index (χ4n) is 2.83. The van der Waals surface area contributed by atoms with Crippen LogP contribution in [0.3, 0.4) is 0 Å². The van der Waals surface area contributed by atoms with Crippen molar-refractivity contribution < 1.29 is 13.2 Å². The molecule has 3 aromatic rings. The maximum atomic E-state index is 13.4. The Morgan fingerprint density at radius 1 is 0.821 bits per heavy atom. The van der Waals surface area contributed by atoms with E-state index in [9.17, 15) is 13.2 Å². The number of benzene rings is 3. The number of hydrogen-bond donors (Lipinski definition) is 0. The number of halogens is 3. The lowest BCUT2D eigenvalue weighted by molar-refractivity contribution is 0.448. The van der Waals surface area contributed by atoms with Gasteiger partial charge >= 0.3 is 0 Å². The first-order chi connectivity index (χ1) is 13.6. The average Bonchev–Trinajstić information content (AvgIpc) is 2.71. The minimum Gasteiger partial charge on any atom is -0.256 e. The van der Waals surface area contributed by atoms with Crippen LogP contribution in [0.25, 0.3) is 11.1 Å². The monoisotopic (exact) mass is 379 g/mol. The number of unbranched alkanes of at least 4 members (excludes halogenated alkanes) is 1. The van der Waals surface area contributed by atoms with E-state index in [1.54, 1.807) is 30.5 Å². The van der Waals surface area contributed by atoms with Crippen LogP contribution >= 0.6 is 0 Å². The van der Waals surface area contributed by atoms with Gasteiger partial charge in [-0.15, -0.1) is 6.58 Å². The van der Waals surface area contributed by atoms with Gasteiger partial charge in [-0.05, 0) is 65.8 Å². The Morgan fingerprint density at radius 2 is 1.46 bits per heavy atom. The largest absolute Gasteiger partial charge is 0.256 e. The Morgan fingerprint density at radius 3 is 2.07 bits per heavy atom. The molecule has 0 N–H and O–H groups in total. The maximum absolute atomic E-state index is 13.4. The van der Waals surface area contributed by atoms with Gasteiger partial charge in [0.05, 0.1) is 5.69 Å². The quantitative estimate of drug-likeness (QED) is 0.181. The van der Waals surface area contributed by atoms with Gasteiger partial charge in [-0.25, -0.2) is 13.2 Å². The third-order valence-electron chi connectivity index (χ3n) is 4.40. The molecule has 0 aliphatic carbocycles. The second-order valence-electron chi connectivity index (χ2n) is 6.48. The van der Waals surface area contributed by atoms with Gasteiger partial charge in [-0.2, -0.15) is 0 Å². The summed E-state index contributed by atoms with van der Waals surface area (Å²) in [6.45, 7) is 3.73. The zero-order valence-electron chi connectivity index (χ0n) is 15.3. The van der Waals surface area contributed by atoms with Crippen LogP contribution in [-0.2, 0) is 6.42 Å². The predicted molar refractivity (Wildman–Crippen MR) is 109 cm³/mol. The number of nitrogens with zero attached hydrogens (tertiary/aromatic N) is 1. The number of allylic oxidation sites excluding steroid dienone is 1. The molecule has 0 saturated carbocycles. The second kappa shape index (κ2) is 9.18. The number of aryl methyl sites for hydroxylation is 1. The summed E-state index contributed by atoms with van der Waals surface area (Å²) in [5, 5.41) is 0. The molecule has 0 fully saturated rings. The van der Waals surface area contributed by atoms with Gasteiger partial charge in [-0.1, -0.05) is 42.5 Å². The molecular weight excluding hydrogens is 359 g/mol. The molecule has 0 aromatic heterocycles. The summed E-state index contributed by atoms with van der Waals surface area (Å²) in [4.78, 5) is 4.42. The summed E-state index contributed by atoms with van der Waals surface area (Å²) < 4.78 is 39.9. The Hall–Kier alpha value is -3.14. The van der Waals surface area contributed by atoms with Crippen LogP contribution in [0.4, 0.5) is 18.9 Å². The van der Waals surface area contributed by atoms with Crippen molar-refractivity contribution in [3.63, 3.8) is 0 Å². The third-order valence-corrected chi connectivity index (χ3v) is 4.40. The normalized spacial score (nSPS) is 11.1. The van der Waals surface area contributed by atoms with Gasteiger partial charge in [0.1, 0.15) is 0 Å². The fourth-order valence-corrected chi connectivity index (χ4v) is 2.83. The second-order valence-corrected chi connectivity index (χ2v) is 6.48. The van der Waals surface area contributed by atoms with Crippen molar-refractivity contribution >= 4 is 11.9 Å². The Kier molecular flexibility index (Phi) is 6.43. The van der Waals surface area contributed by atoms with E-state index in [1.807, 2.05) is 18.2 Å². The first-order valence-corrected chi connectivity index (χ1v) is 9.05. The lowest BCUT2D eigenvalue weighted by Gasteiger charge is -2.04. The molecule has 0 amide bonds. The molecule has 0 bridgehead atoms. The molecule has 0 heterocycles. The minimum absolute atomic E-state index is 0.277. The molecule has 1 nitrogen and oxygen atoms in total. The lowest BCUT2D eigenvalue weighted by Crippen LogP contribution is -1.91. The molecule has 3 rings (SSSR count). The number of hydrogen-bond acceptors (Lipinski definition) is 1. The molecule has 0 aliphatic heterocycles. The van der Waals surface area contributed by atoms with E-state index >= 15 is 0 Å². The minimum atomic E-state index is -1.46. The molecule has 0 atom stereocenters. The summed E-state index contributed by atoms with van der Waals surface area (Å²) >= 11 is 0. The summed E-state index contributed by atoms with van der Waals surface area (Å²) in [5.74, 6) is -3.87. The van der Waals surface area contributed by atoms with E-state index < -0.39 is 17.5 Å². The summed E-state index contributed by atoms with van der Waals surface area (Å²) in [5.41, 5.74) is 3.84. The smallest absolute Gasteiger partial charge is 0.194 e. The average molecular weight is 379 g/mol. The SMILES string of the molecule is C=CCCCc1ccc(C=Nc2ccc(-c3cc(F)c(F)c(F)c3)cc2)cc1. The molecule has 28 heavy (non-hydrogen) atoms. The van der Waals surface area contributed by atoms with E-state index in [0.717, 1.165) is 37.0 Å². The molecule has 0 radical (unpaired) electrons. The molecule has 3 aromatic carbocycles. The van der Waals surface area contributed by atoms with Crippen LogP contribution in [0.2, 0.25) is 0 Å². The fraction of sp³-hybridized carbons (Fsp3) is 0.125. The molecular formula is C24H20F3N. The van der Waals surface area contributed by atoms with Crippen LogP contribution in [-0.4, -0.2) is 6.21 Å². The van der Waals surface area contributed by atoms with Crippen molar-refractivity contribution in [1.29, 1.82) is 0 Å². The maximum Gasteiger partial charge on any atom is 0.194 e. The summed E-state index contributed by atoms with van der Waals surface area (Å²) in [6, 6.07) is 17.1. The van der Waals surface area contributed by atoms with Crippen molar-refractivity contribution in [2.24, 2.45) is 4.99 Å². The van der Waals surface area contributed by atoms with Crippen molar-refractivity contribution in [2.75, 3.05) is 0 Å². The predicted octanol–water partition coefficient (Wildman–Crippen LogP) is 7.03. The molecule has 142 valence electrons. The summed E-state index contributed by atoms with van der Waals surface area (Å²) in [7, 11) is 0. The van der Waals surface area contributed by atoms with Gasteiger partial charge in [0, 0.05) is 6.21 Å². The van der Waals surface area contributed by atoms with Crippen LogP contribution in [0.15, 0.2) is 78.3 Å². The van der Waals surface area contributed by atoms with Crippen LogP contribution in [0.5, 0.6) is 0 Å². The highest BCUT2D eigenvalue weighted by Gasteiger charge is 2.11. The highest BCUT2D eigenvalue weighted by Crippen LogP contribution is 2.25. The Bertz CT molecular complexity index is 951. The number of aliphatic imine (C=N–C) groups is 1. The number of rotatable bonds is 7. The van der Waals surface area contributed by atoms with Crippen LogP contribution in [0.1, 0.15) is 24.0 Å². The van der Waals surface area contributed by atoms with E-state index in [4.69, 9.17) is 0 Å². The standard InChI is InChI=1S/C24H20F3N/c1-2-3-4-5-17-6-8-18(9-7-17)16-28-21-12-10-19(11-13-21)20-14-22(25)24(27)23(26)15-20/h2,6-16H,1,3-5H2. The highest BCUT2D eigenvalue weighted by atomic mass is 19.2. The molecule has 0 spiro atoms. The summed E-state index contributed by atoms with van der Waals surface area (Å²) in [6.07, 6.45) is 6.81. The van der Waals surface area contributed by atoms with Gasteiger partial charge in [0.2, 0.25) is 0 Å². The van der Waals surface area contributed by atoms with E-state index in [-0.39, 0.29) is 5.56 Å². The van der Waals surface area contributed by atoms with Crippen molar-refractivity contribution in [1.82, 2.24) is 0 Å². The van der Waals surface area contributed by atoms with Crippen molar-refractivity contribution in [2.45, 2.75) is 19.3 Å². The topological polar surface area (TPSA) is 12.4 Å². The zero-order chi connectivity index (χ0) is 19.9. The van der Waals surface area contributed by atoms with Gasteiger partial charge < -0.3 is 0 Å². The first kappa shape index (κ1) is 19.6. The van der Waals surface area contributed by atoms with Crippen LogP contribution < -0.4 is 0 Å². The molecule has 0 aliphatic rings. The highest BCUT2D eigenvalue weighted by molar-refractivity contribution is 5.82. The third kappa shape index (κ3) is 4.97. The Labute approximate surface area is 162 Å². The lowest BCUT2D eigenvalue weighted by atomic mass is 10.0. The van der Waals surface area contributed by atoms with E-state index in [1.165, 1.54) is 5.56 Å². The van der Waals surface area contributed by atoms with Gasteiger partial charge in [0.15, 0.2) is 17.5 Å². The van der Waals surface area contributed by atoms with Crippen molar-refractivity contribution in [3.05, 3.63) is 102 Å². The van der Waals surface area contributed by atoms with E-state index in [2.05, 4.69) is 23.7 Å². The van der Waals surface area contributed by atoms with Gasteiger partial charge in [0.25, 0.3) is 0 Å². The van der Waals surface area contributed by atoms with Gasteiger partial charge in [-0.3, -0.25) is 4.99 Å². The zero-order valence-corrected chi connectivity index (χ0v) is 15.3. The Balaban J connectivity index is 1.68. The first-order valence-electron chi connectivity index (χ1n) is 9.05. The molecule has 4 heteroatoms. The molecule has 0 saturated heterocycles. The van der Waals surface area contributed by atoms with Crippen LogP contribution in [0, 0.1) is 17.5 Å². The molecule has 0 unspecified atom stereocenters. The van der Waals surface area contributed by atoms with E-state index in [0.29, 0.717) is 11.3 Å².